The molecular formula is C16H23NO4S. The summed E-state index contributed by atoms with van der Waals surface area (Å²) in [7, 11) is 0. The summed E-state index contributed by atoms with van der Waals surface area (Å²) in [6.07, 6.45) is 5.82. The van der Waals surface area contributed by atoms with Crippen molar-refractivity contribution >= 4 is 23.2 Å². The number of nitrogens with one attached hydrogen (secondary N) is 1. The van der Waals surface area contributed by atoms with E-state index in [4.69, 9.17) is 9.84 Å². The predicted molar refractivity (Wildman–Crippen MR) is 85.4 cm³/mol. The van der Waals surface area contributed by atoms with Crippen LogP contribution in [0.4, 0.5) is 0 Å². The Morgan fingerprint density at radius 3 is 2.77 bits per heavy atom. The van der Waals surface area contributed by atoms with E-state index >= 15 is 0 Å². The molecule has 0 saturated heterocycles. The molecule has 1 aliphatic heterocycles. The maximum Gasteiger partial charge on any atom is 0.303 e. The monoisotopic (exact) mass is 325 g/mol. The molecule has 22 heavy (non-hydrogen) atoms. The van der Waals surface area contributed by atoms with Crippen LogP contribution in [0.2, 0.25) is 0 Å². The van der Waals surface area contributed by atoms with Gasteiger partial charge in [0, 0.05) is 24.3 Å². The number of carboxylic acid groups (broad SMARTS) is 1. The van der Waals surface area contributed by atoms with Gasteiger partial charge in [-0.05, 0) is 24.5 Å². The molecule has 6 heteroatoms. The van der Waals surface area contributed by atoms with Gasteiger partial charge in [-0.15, -0.1) is 11.3 Å². The molecule has 1 aromatic rings. The highest BCUT2D eigenvalue weighted by Crippen LogP contribution is 2.26. The quantitative estimate of drug-likeness (QED) is 0.684. The number of unbranched alkanes of at least 4 members (excludes halogenated alkanes) is 4. The lowest BCUT2D eigenvalue weighted by Crippen LogP contribution is -2.23. The number of carbonyl (C=O) groups is 2. The molecule has 0 spiro atoms. The Bertz CT molecular complexity index is 489. The van der Waals surface area contributed by atoms with Gasteiger partial charge in [-0.3, -0.25) is 9.59 Å². The molecule has 2 heterocycles. The number of thiophene rings is 1. The van der Waals surface area contributed by atoms with Gasteiger partial charge < -0.3 is 15.2 Å². The molecule has 0 radical (unpaired) electrons. The number of carbonyl (C=O) groups excluding carboxylic acids is 1. The maximum atomic E-state index is 12.1. The normalized spacial score (nSPS) is 13.6. The molecule has 0 unspecified atom stereocenters. The molecular weight excluding hydrogens is 302 g/mol. The van der Waals surface area contributed by atoms with Crippen molar-refractivity contribution < 1.29 is 19.4 Å². The molecule has 0 atom stereocenters. The fourth-order valence-corrected chi connectivity index (χ4v) is 3.55. The highest BCUT2D eigenvalue weighted by atomic mass is 32.1. The molecule has 2 rings (SSSR count). The lowest BCUT2D eigenvalue weighted by atomic mass is 10.1. The Morgan fingerprint density at radius 2 is 2.00 bits per heavy atom. The first-order valence-electron chi connectivity index (χ1n) is 7.86. The number of hydrogen-bond acceptors (Lipinski definition) is 4. The van der Waals surface area contributed by atoms with Crippen LogP contribution in [0, 0.1) is 0 Å². The maximum absolute atomic E-state index is 12.1. The Balaban J connectivity index is 1.58. The van der Waals surface area contributed by atoms with Crippen molar-refractivity contribution in [1.82, 2.24) is 5.32 Å². The number of hydrogen-bond donors (Lipinski definition) is 2. The van der Waals surface area contributed by atoms with Gasteiger partial charge in [0.15, 0.2) is 0 Å². The van der Waals surface area contributed by atoms with Crippen molar-refractivity contribution in [2.75, 3.05) is 13.2 Å². The molecule has 1 amide bonds. The van der Waals surface area contributed by atoms with E-state index in [2.05, 4.69) is 5.32 Å². The topological polar surface area (TPSA) is 75.6 Å². The molecule has 0 saturated carbocycles. The summed E-state index contributed by atoms with van der Waals surface area (Å²) in [5, 5.41) is 11.5. The Morgan fingerprint density at radius 1 is 1.23 bits per heavy atom. The van der Waals surface area contributed by atoms with Crippen LogP contribution < -0.4 is 5.32 Å². The van der Waals surface area contributed by atoms with Gasteiger partial charge in [-0.1, -0.05) is 19.3 Å². The number of carboxylic acids is 1. The van der Waals surface area contributed by atoms with Gasteiger partial charge in [0.2, 0.25) is 0 Å². The van der Waals surface area contributed by atoms with Crippen molar-refractivity contribution in [3.8, 4) is 0 Å². The van der Waals surface area contributed by atoms with Crippen LogP contribution in [0.25, 0.3) is 0 Å². The Hall–Kier alpha value is -1.40. The first-order chi connectivity index (χ1) is 10.7. The van der Waals surface area contributed by atoms with Crippen molar-refractivity contribution in [3.63, 3.8) is 0 Å². The van der Waals surface area contributed by atoms with E-state index in [-0.39, 0.29) is 12.3 Å². The summed E-state index contributed by atoms with van der Waals surface area (Å²) in [4.78, 5) is 24.5. The van der Waals surface area contributed by atoms with Gasteiger partial charge >= 0.3 is 5.97 Å². The second-order valence-corrected chi connectivity index (χ2v) is 6.67. The van der Waals surface area contributed by atoms with E-state index in [1.165, 1.54) is 4.88 Å². The average molecular weight is 325 g/mol. The van der Waals surface area contributed by atoms with Crippen LogP contribution >= 0.6 is 11.3 Å². The minimum absolute atomic E-state index is 0.00489. The lowest BCUT2D eigenvalue weighted by molar-refractivity contribution is -0.137. The summed E-state index contributed by atoms with van der Waals surface area (Å²) >= 11 is 1.57. The highest BCUT2D eigenvalue weighted by Gasteiger charge is 2.17. The first kappa shape index (κ1) is 17.0. The van der Waals surface area contributed by atoms with Crippen LogP contribution in [-0.4, -0.2) is 30.1 Å². The molecule has 0 aliphatic carbocycles. The molecule has 2 N–H and O–H groups in total. The molecule has 1 aromatic heterocycles. The average Bonchev–Trinajstić information content (AvgIpc) is 2.93. The van der Waals surface area contributed by atoms with Gasteiger partial charge in [0.25, 0.3) is 5.91 Å². The lowest BCUT2D eigenvalue weighted by Gasteiger charge is -2.10. The molecule has 0 aromatic carbocycles. The van der Waals surface area contributed by atoms with Gasteiger partial charge in [-0.25, -0.2) is 0 Å². The van der Waals surface area contributed by atoms with Crippen LogP contribution in [-0.2, 0) is 22.6 Å². The molecule has 5 nitrogen and oxygen atoms in total. The third kappa shape index (κ3) is 5.42. The number of fused-ring (bicyclic) bond motifs is 1. The van der Waals surface area contributed by atoms with Gasteiger partial charge in [0.1, 0.15) is 0 Å². The van der Waals surface area contributed by atoms with Crippen LogP contribution in [0.1, 0.15) is 58.6 Å². The largest absolute Gasteiger partial charge is 0.481 e. The second-order valence-electron chi connectivity index (χ2n) is 5.53. The summed E-state index contributed by atoms with van der Waals surface area (Å²) < 4.78 is 5.39. The zero-order chi connectivity index (χ0) is 15.8. The number of aliphatic carboxylic acids is 1. The predicted octanol–water partition coefficient (Wildman–Crippen LogP) is 2.98. The van der Waals surface area contributed by atoms with Crippen LogP contribution in [0.15, 0.2) is 6.07 Å². The fourth-order valence-electron chi connectivity index (χ4n) is 2.48. The minimum Gasteiger partial charge on any atom is -0.481 e. The smallest absolute Gasteiger partial charge is 0.303 e. The first-order valence-corrected chi connectivity index (χ1v) is 8.68. The zero-order valence-corrected chi connectivity index (χ0v) is 13.5. The van der Waals surface area contributed by atoms with E-state index in [0.29, 0.717) is 13.2 Å². The van der Waals surface area contributed by atoms with E-state index in [1.54, 1.807) is 11.3 Å². The van der Waals surface area contributed by atoms with Crippen molar-refractivity contribution in [2.24, 2.45) is 0 Å². The molecule has 0 bridgehead atoms. The van der Waals surface area contributed by atoms with E-state index in [1.807, 2.05) is 6.07 Å². The van der Waals surface area contributed by atoms with Crippen molar-refractivity contribution in [1.29, 1.82) is 0 Å². The summed E-state index contributed by atoms with van der Waals surface area (Å²) in [6.45, 7) is 2.04. The van der Waals surface area contributed by atoms with E-state index < -0.39 is 5.97 Å². The van der Waals surface area contributed by atoms with Gasteiger partial charge in [0.05, 0.1) is 18.1 Å². The summed E-state index contributed by atoms with van der Waals surface area (Å²) in [5.74, 6) is -0.721. The third-order valence-corrected chi connectivity index (χ3v) is 4.94. The number of rotatable bonds is 9. The minimum atomic E-state index is -0.726. The van der Waals surface area contributed by atoms with E-state index in [0.717, 1.165) is 55.6 Å². The Labute approximate surface area is 134 Å². The van der Waals surface area contributed by atoms with E-state index in [9.17, 15) is 9.59 Å². The summed E-state index contributed by atoms with van der Waals surface area (Å²) in [6, 6.07) is 1.94. The second kappa shape index (κ2) is 8.90. The van der Waals surface area contributed by atoms with Crippen molar-refractivity contribution in [3.05, 3.63) is 21.4 Å². The SMILES string of the molecule is O=C(O)CCCCCCCNC(=O)c1cc2c(s1)CCOC2. The standard InChI is InChI=1S/C16H23NO4S/c18-15(19)6-4-2-1-3-5-8-17-16(20)14-10-12-11-21-9-7-13(12)22-14/h10H,1-9,11H2,(H,17,20)(H,18,19). The number of ether oxygens (including phenoxy) is 1. The van der Waals surface area contributed by atoms with Crippen molar-refractivity contribution in [2.45, 2.75) is 51.6 Å². The number of amides is 1. The fraction of sp³-hybridized carbons (Fsp3) is 0.625. The van der Waals surface area contributed by atoms with Gasteiger partial charge in [-0.2, -0.15) is 0 Å². The highest BCUT2D eigenvalue weighted by molar-refractivity contribution is 7.14. The Kier molecular flexibility index (Phi) is 6.86. The molecule has 1 aliphatic rings. The summed E-state index contributed by atoms with van der Waals surface area (Å²) in [5.41, 5.74) is 1.15. The van der Waals surface area contributed by atoms with Crippen LogP contribution in [0.3, 0.4) is 0 Å². The third-order valence-electron chi connectivity index (χ3n) is 3.70. The molecule has 122 valence electrons. The zero-order valence-electron chi connectivity index (χ0n) is 12.7. The molecule has 0 fully saturated rings. The van der Waals surface area contributed by atoms with Crippen LogP contribution in [0.5, 0.6) is 0 Å².